The highest BCUT2D eigenvalue weighted by Gasteiger charge is 2.20. The van der Waals surface area contributed by atoms with Gasteiger partial charge in [0.15, 0.2) is 0 Å². The Hall–Kier alpha value is -3.30. The first-order chi connectivity index (χ1) is 14.0. The zero-order valence-corrected chi connectivity index (χ0v) is 16.8. The Morgan fingerprint density at radius 1 is 0.759 bits per heavy atom. The molecular formula is C26H26O3. The molecule has 0 aliphatic carbocycles. The molecule has 0 fully saturated rings. The van der Waals surface area contributed by atoms with Crippen molar-refractivity contribution in [3.63, 3.8) is 0 Å². The van der Waals surface area contributed by atoms with Crippen molar-refractivity contribution in [1.29, 1.82) is 0 Å². The van der Waals surface area contributed by atoms with Crippen molar-refractivity contribution in [3.8, 4) is 11.5 Å². The molecule has 0 radical (unpaired) electrons. The summed E-state index contributed by atoms with van der Waals surface area (Å²) in [5, 5.41) is 9.30. The molecule has 0 amide bonds. The number of allylic oxidation sites excluding steroid dienone is 2. The van der Waals surface area contributed by atoms with Crippen LogP contribution in [0.5, 0.6) is 11.5 Å². The van der Waals surface area contributed by atoms with Crippen molar-refractivity contribution >= 4 is 12.2 Å². The maximum Gasteiger partial charge on any atom is 0.205 e. The number of hydrogen-bond acceptors (Lipinski definition) is 3. The fourth-order valence-corrected chi connectivity index (χ4v) is 2.71. The van der Waals surface area contributed by atoms with E-state index < -0.39 is 5.79 Å². The van der Waals surface area contributed by atoms with E-state index in [1.807, 2.05) is 105 Å². The van der Waals surface area contributed by atoms with Gasteiger partial charge in [0.05, 0.1) is 6.61 Å². The summed E-state index contributed by atoms with van der Waals surface area (Å²) in [6, 6.07) is 25.0. The predicted molar refractivity (Wildman–Crippen MR) is 119 cm³/mol. The van der Waals surface area contributed by atoms with E-state index in [-0.39, 0.29) is 5.75 Å². The molecule has 148 valence electrons. The minimum Gasteiger partial charge on any atom is -0.508 e. The Balaban J connectivity index is 1.51. The zero-order chi connectivity index (χ0) is 20.5. The molecule has 0 saturated heterocycles. The fourth-order valence-electron chi connectivity index (χ4n) is 2.71. The highest BCUT2D eigenvalue weighted by molar-refractivity contribution is 5.58. The lowest BCUT2D eigenvalue weighted by Crippen LogP contribution is -2.31. The topological polar surface area (TPSA) is 38.7 Å². The smallest absolute Gasteiger partial charge is 0.205 e. The summed E-state index contributed by atoms with van der Waals surface area (Å²) in [6.45, 7) is 4.33. The van der Waals surface area contributed by atoms with Crippen molar-refractivity contribution in [2.45, 2.75) is 26.2 Å². The van der Waals surface area contributed by atoms with Gasteiger partial charge in [-0.25, -0.2) is 0 Å². The van der Waals surface area contributed by atoms with Gasteiger partial charge in [0.1, 0.15) is 11.5 Å². The van der Waals surface area contributed by atoms with Gasteiger partial charge < -0.3 is 14.6 Å². The average molecular weight is 386 g/mol. The summed E-state index contributed by atoms with van der Waals surface area (Å²) in [5.74, 6) is 0.313. The largest absolute Gasteiger partial charge is 0.508 e. The third kappa shape index (κ3) is 6.98. The van der Waals surface area contributed by atoms with Crippen LogP contribution in [0.2, 0.25) is 0 Å². The Kier molecular flexibility index (Phi) is 6.88. The molecule has 0 heterocycles. The predicted octanol–water partition coefficient (Wildman–Crippen LogP) is 6.45. The lowest BCUT2D eigenvalue weighted by molar-refractivity contribution is -0.164. The quantitative estimate of drug-likeness (QED) is 0.357. The van der Waals surface area contributed by atoms with Gasteiger partial charge in [-0.1, -0.05) is 78.9 Å². The second kappa shape index (κ2) is 9.76. The third-order valence-corrected chi connectivity index (χ3v) is 4.25. The number of rotatable bonds is 8. The number of ether oxygens (including phenoxy) is 2. The molecule has 0 bridgehead atoms. The number of benzene rings is 3. The molecule has 0 aliphatic heterocycles. The molecule has 1 N–H and O–H groups in total. The highest BCUT2D eigenvalue weighted by Crippen LogP contribution is 2.21. The number of hydrogen-bond donors (Lipinski definition) is 1. The van der Waals surface area contributed by atoms with Crippen LogP contribution in [0.4, 0.5) is 0 Å². The van der Waals surface area contributed by atoms with Crippen LogP contribution >= 0.6 is 0 Å². The number of phenolic OH excluding ortho intramolecular Hbond substituents is 1. The summed E-state index contributed by atoms with van der Waals surface area (Å²) in [5.41, 5.74) is 3.23. The van der Waals surface area contributed by atoms with Gasteiger partial charge in [0.2, 0.25) is 5.79 Å². The third-order valence-electron chi connectivity index (χ3n) is 4.25. The van der Waals surface area contributed by atoms with Crippen LogP contribution in [0.1, 0.15) is 30.5 Å². The first kappa shape index (κ1) is 20.4. The lowest BCUT2D eigenvalue weighted by atomic mass is 10.1. The van der Waals surface area contributed by atoms with E-state index in [9.17, 15) is 5.11 Å². The first-order valence-corrected chi connectivity index (χ1v) is 9.61. The Morgan fingerprint density at radius 3 is 1.90 bits per heavy atom. The van der Waals surface area contributed by atoms with Gasteiger partial charge in [0, 0.05) is 13.8 Å². The number of aromatic hydroxyl groups is 1. The summed E-state index contributed by atoms with van der Waals surface area (Å²) in [4.78, 5) is 0. The summed E-state index contributed by atoms with van der Waals surface area (Å²) in [6.07, 6.45) is 7.96. The van der Waals surface area contributed by atoms with E-state index in [2.05, 4.69) is 0 Å². The molecule has 0 unspecified atom stereocenters. The Bertz CT molecular complexity index is 938. The normalized spacial score (nSPS) is 11.9. The van der Waals surface area contributed by atoms with Gasteiger partial charge >= 0.3 is 0 Å². The molecule has 3 heteroatoms. The minimum absolute atomic E-state index is 0.272. The lowest BCUT2D eigenvalue weighted by Gasteiger charge is -2.26. The summed E-state index contributed by atoms with van der Waals surface area (Å²) < 4.78 is 11.9. The van der Waals surface area contributed by atoms with E-state index in [4.69, 9.17) is 9.47 Å². The van der Waals surface area contributed by atoms with Crippen LogP contribution in [0.15, 0.2) is 91.0 Å². The van der Waals surface area contributed by atoms with Crippen molar-refractivity contribution in [2.24, 2.45) is 0 Å². The summed E-state index contributed by atoms with van der Waals surface area (Å²) >= 11 is 0. The highest BCUT2D eigenvalue weighted by atomic mass is 16.7. The van der Waals surface area contributed by atoms with Crippen LogP contribution < -0.4 is 4.74 Å². The van der Waals surface area contributed by atoms with Crippen molar-refractivity contribution in [3.05, 3.63) is 108 Å². The SMILES string of the molecule is CC(C)(OCc1ccccc1)Oc1ccc(C=CC=Cc2ccc(O)cc2)cc1. The van der Waals surface area contributed by atoms with Crippen LogP contribution in [0, 0.1) is 0 Å². The molecule has 29 heavy (non-hydrogen) atoms. The van der Waals surface area contributed by atoms with E-state index in [0.717, 1.165) is 22.4 Å². The van der Waals surface area contributed by atoms with Crippen molar-refractivity contribution in [1.82, 2.24) is 0 Å². The molecule has 3 aromatic rings. The standard InChI is InChI=1S/C26H26O3/c1-26(2,28-20-23-10-4-3-5-11-23)29-25-18-14-22(15-19-25)9-7-6-8-21-12-16-24(27)17-13-21/h3-19,27H,20H2,1-2H3. The van der Waals surface area contributed by atoms with Crippen molar-refractivity contribution < 1.29 is 14.6 Å². The molecule has 0 saturated carbocycles. The maximum atomic E-state index is 9.30. The minimum atomic E-state index is -0.722. The maximum absolute atomic E-state index is 9.30. The molecule has 0 spiro atoms. The van der Waals surface area contributed by atoms with E-state index in [1.54, 1.807) is 12.1 Å². The Labute approximate surface area is 172 Å². The molecule has 0 aromatic heterocycles. The van der Waals surface area contributed by atoms with E-state index in [0.29, 0.717) is 6.61 Å². The average Bonchev–Trinajstić information content (AvgIpc) is 2.73. The van der Waals surface area contributed by atoms with Crippen molar-refractivity contribution in [2.75, 3.05) is 0 Å². The van der Waals surface area contributed by atoms with E-state index >= 15 is 0 Å². The fraction of sp³-hybridized carbons (Fsp3) is 0.154. The molecule has 3 rings (SSSR count). The molecule has 0 aliphatic rings. The summed E-state index contributed by atoms with van der Waals surface area (Å²) in [7, 11) is 0. The van der Waals surface area contributed by atoms with Gasteiger partial charge in [-0.15, -0.1) is 0 Å². The van der Waals surface area contributed by atoms with Crippen LogP contribution in [-0.2, 0) is 11.3 Å². The first-order valence-electron chi connectivity index (χ1n) is 9.61. The van der Waals surface area contributed by atoms with Crippen LogP contribution in [-0.4, -0.2) is 10.9 Å². The second-order valence-corrected chi connectivity index (χ2v) is 7.15. The molecule has 0 atom stereocenters. The van der Waals surface area contributed by atoms with Gasteiger partial charge in [0.25, 0.3) is 0 Å². The van der Waals surface area contributed by atoms with Gasteiger partial charge in [-0.05, 0) is 41.0 Å². The Morgan fingerprint density at radius 2 is 1.31 bits per heavy atom. The number of phenols is 1. The zero-order valence-electron chi connectivity index (χ0n) is 16.8. The van der Waals surface area contributed by atoms with Crippen LogP contribution in [0.3, 0.4) is 0 Å². The molecule has 3 aromatic carbocycles. The molecule has 3 nitrogen and oxygen atoms in total. The monoisotopic (exact) mass is 386 g/mol. The van der Waals surface area contributed by atoms with Gasteiger partial charge in [-0.3, -0.25) is 0 Å². The molecular weight excluding hydrogens is 360 g/mol. The van der Waals surface area contributed by atoms with E-state index in [1.165, 1.54) is 0 Å². The van der Waals surface area contributed by atoms with Gasteiger partial charge in [-0.2, -0.15) is 0 Å². The van der Waals surface area contributed by atoms with Crippen LogP contribution in [0.25, 0.3) is 12.2 Å². The second-order valence-electron chi connectivity index (χ2n) is 7.15.